The first-order valence-corrected chi connectivity index (χ1v) is 7.61. The zero-order chi connectivity index (χ0) is 15.4. The summed E-state index contributed by atoms with van der Waals surface area (Å²) in [5.41, 5.74) is 0. The van der Waals surface area contributed by atoms with Gasteiger partial charge in [-0.05, 0) is 47.2 Å². The third-order valence-corrected chi connectivity index (χ3v) is 3.68. The van der Waals surface area contributed by atoms with Crippen LogP contribution in [0.3, 0.4) is 0 Å². The van der Waals surface area contributed by atoms with E-state index < -0.39 is 0 Å². The van der Waals surface area contributed by atoms with Gasteiger partial charge in [-0.25, -0.2) is 0 Å². The number of amides is 1. The molecular weight excluding hydrogens is 346 g/mol. The molecule has 0 atom stereocenters. The van der Waals surface area contributed by atoms with Gasteiger partial charge in [-0.2, -0.15) is 0 Å². The highest BCUT2D eigenvalue weighted by Crippen LogP contribution is 2.24. The number of halogens is 1. The Morgan fingerprint density at radius 3 is 2.77 bits per heavy atom. The van der Waals surface area contributed by atoms with E-state index in [0.717, 1.165) is 15.2 Å². The normalized spacial score (nSPS) is 10.6. The molecule has 0 aliphatic carbocycles. The van der Waals surface area contributed by atoms with E-state index >= 15 is 0 Å². The number of carbonyl (C=O) groups is 1. The predicted octanol–water partition coefficient (Wildman–Crippen LogP) is 3.89. The first kappa shape index (κ1) is 14.7. The highest BCUT2D eigenvalue weighted by atomic mass is 79.9. The van der Waals surface area contributed by atoms with Crippen LogP contribution >= 0.6 is 15.9 Å². The van der Waals surface area contributed by atoms with Gasteiger partial charge in [-0.15, -0.1) is 0 Å². The minimum absolute atomic E-state index is 0.0251. The van der Waals surface area contributed by atoms with Crippen LogP contribution < -0.4 is 10.1 Å². The first-order valence-electron chi connectivity index (χ1n) is 6.82. The van der Waals surface area contributed by atoms with E-state index in [4.69, 9.17) is 9.15 Å². The highest BCUT2D eigenvalue weighted by Gasteiger charge is 2.05. The molecular formula is C17H14BrNO3. The van der Waals surface area contributed by atoms with Gasteiger partial charge in [0.15, 0.2) is 6.61 Å². The van der Waals surface area contributed by atoms with Gasteiger partial charge < -0.3 is 14.5 Å². The van der Waals surface area contributed by atoms with Crippen molar-refractivity contribution in [2.45, 2.75) is 6.54 Å². The summed E-state index contributed by atoms with van der Waals surface area (Å²) in [6, 6.07) is 15.3. The van der Waals surface area contributed by atoms with Crippen molar-refractivity contribution in [3.63, 3.8) is 0 Å². The molecule has 22 heavy (non-hydrogen) atoms. The second-order valence-corrected chi connectivity index (χ2v) is 5.71. The molecule has 0 spiro atoms. The van der Waals surface area contributed by atoms with Crippen molar-refractivity contribution < 1.29 is 13.9 Å². The monoisotopic (exact) mass is 359 g/mol. The molecule has 1 aromatic heterocycles. The number of hydrogen-bond donors (Lipinski definition) is 1. The second kappa shape index (κ2) is 6.66. The molecule has 0 radical (unpaired) electrons. The summed E-state index contributed by atoms with van der Waals surface area (Å²) in [6.07, 6.45) is 1.57. The summed E-state index contributed by atoms with van der Waals surface area (Å²) >= 11 is 3.44. The van der Waals surface area contributed by atoms with Gasteiger partial charge in [-0.3, -0.25) is 4.79 Å². The van der Waals surface area contributed by atoms with E-state index in [-0.39, 0.29) is 12.5 Å². The zero-order valence-electron chi connectivity index (χ0n) is 11.7. The highest BCUT2D eigenvalue weighted by molar-refractivity contribution is 9.10. The minimum atomic E-state index is -0.188. The Bertz CT molecular complexity index is 784. The molecule has 0 bridgehead atoms. The number of carbonyl (C=O) groups excluding carboxylic acids is 1. The molecule has 0 fully saturated rings. The maximum atomic E-state index is 11.7. The van der Waals surface area contributed by atoms with Crippen molar-refractivity contribution in [2.75, 3.05) is 6.61 Å². The lowest BCUT2D eigenvalue weighted by Gasteiger charge is -2.08. The van der Waals surface area contributed by atoms with Gasteiger partial charge in [0.2, 0.25) is 0 Å². The lowest BCUT2D eigenvalue weighted by molar-refractivity contribution is -0.123. The van der Waals surface area contributed by atoms with E-state index in [2.05, 4.69) is 21.2 Å². The van der Waals surface area contributed by atoms with Crippen LogP contribution in [0, 0.1) is 0 Å². The third-order valence-electron chi connectivity index (χ3n) is 3.18. The van der Waals surface area contributed by atoms with Crippen molar-refractivity contribution in [2.24, 2.45) is 0 Å². The molecule has 1 amide bonds. The molecule has 3 aromatic rings. The van der Waals surface area contributed by atoms with E-state index in [1.807, 2.05) is 42.5 Å². The number of ether oxygens (including phenoxy) is 1. The van der Waals surface area contributed by atoms with Crippen molar-refractivity contribution in [3.05, 3.63) is 65.0 Å². The van der Waals surface area contributed by atoms with Crippen LogP contribution in [0.5, 0.6) is 5.75 Å². The van der Waals surface area contributed by atoms with Crippen LogP contribution in [0.4, 0.5) is 0 Å². The SMILES string of the molecule is O=C(COc1ccc2cc(Br)ccc2c1)NCc1ccco1. The summed E-state index contributed by atoms with van der Waals surface area (Å²) in [4.78, 5) is 11.7. The third kappa shape index (κ3) is 3.68. The minimum Gasteiger partial charge on any atom is -0.484 e. The quantitative estimate of drug-likeness (QED) is 0.751. The number of rotatable bonds is 5. The van der Waals surface area contributed by atoms with Crippen molar-refractivity contribution in [1.29, 1.82) is 0 Å². The molecule has 5 heteroatoms. The van der Waals surface area contributed by atoms with Gasteiger partial charge in [0.1, 0.15) is 11.5 Å². The van der Waals surface area contributed by atoms with Crippen LogP contribution in [0.15, 0.2) is 63.7 Å². The van der Waals surface area contributed by atoms with Gasteiger partial charge in [0.25, 0.3) is 5.91 Å². The Morgan fingerprint density at radius 1 is 1.14 bits per heavy atom. The first-order chi connectivity index (χ1) is 10.7. The predicted molar refractivity (Wildman–Crippen MR) is 87.7 cm³/mol. The van der Waals surface area contributed by atoms with Crippen LogP contribution in [0.2, 0.25) is 0 Å². The summed E-state index contributed by atoms with van der Waals surface area (Å²) in [5.74, 6) is 1.19. The fourth-order valence-corrected chi connectivity index (χ4v) is 2.46. The standard InChI is InChI=1S/C17H14BrNO3/c18-14-5-3-13-9-15(6-4-12(13)8-14)22-11-17(20)19-10-16-2-1-7-21-16/h1-9H,10-11H2,(H,19,20). The van der Waals surface area contributed by atoms with E-state index in [1.54, 1.807) is 12.3 Å². The lowest BCUT2D eigenvalue weighted by Crippen LogP contribution is -2.28. The summed E-state index contributed by atoms with van der Waals surface area (Å²) in [5, 5.41) is 4.92. The number of benzene rings is 2. The molecule has 1 N–H and O–H groups in total. The summed E-state index contributed by atoms with van der Waals surface area (Å²) in [7, 11) is 0. The Morgan fingerprint density at radius 2 is 1.95 bits per heavy atom. The van der Waals surface area contributed by atoms with Gasteiger partial charge in [-0.1, -0.05) is 28.1 Å². The molecule has 4 nitrogen and oxygen atoms in total. The van der Waals surface area contributed by atoms with E-state index in [1.165, 1.54) is 0 Å². The Kier molecular flexibility index (Phi) is 4.44. The summed E-state index contributed by atoms with van der Waals surface area (Å²) < 4.78 is 11.7. The van der Waals surface area contributed by atoms with Crippen molar-refractivity contribution in [3.8, 4) is 5.75 Å². The van der Waals surface area contributed by atoms with Crippen molar-refractivity contribution >= 4 is 32.6 Å². The largest absolute Gasteiger partial charge is 0.484 e. The van der Waals surface area contributed by atoms with Crippen LogP contribution in [-0.4, -0.2) is 12.5 Å². The van der Waals surface area contributed by atoms with Gasteiger partial charge in [0, 0.05) is 4.47 Å². The van der Waals surface area contributed by atoms with Crippen LogP contribution in [0.1, 0.15) is 5.76 Å². The second-order valence-electron chi connectivity index (χ2n) is 4.80. The molecule has 2 aromatic carbocycles. The van der Waals surface area contributed by atoms with E-state index in [0.29, 0.717) is 18.1 Å². The summed E-state index contributed by atoms with van der Waals surface area (Å²) in [6.45, 7) is 0.337. The number of hydrogen-bond acceptors (Lipinski definition) is 3. The van der Waals surface area contributed by atoms with Gasteiger partial charge in [0.05, 0.1) is 12.8 Å². The van der Waals surface area contributed by atoms with Gasteiger partial charge >= 0.3 is 0 Å². The fraction of sp³-hybridized carbons (Fsp3) is 0.118. The molecule has 112 valence electrons. The van der Waals surface area contributed by atoms with Crippen molar-refractivity contribution in [1.82, 2.24) is 5.32 Å². The fourth-order valence-electron chi connectivity index (χ4n) is 2.08. The average molecular weight is 360 g/mol. The maximum Gasteiger partial charge on any atom is 0.258 e. The lowest BCUT2D eigenvalue weighted by atomic mass is 10.1. The number of furan rings is 1. The van der Waals surface area contributed by atoms with Crippen LogP contribution in [-0.2, 0) is 11.3 Å². The molecule has 0 unspecified atom stereocenters. The van der Waals surface area contributed by atoms with E-state index in [9.17, 15) is 4.79 Å². The molecule has 1 heterocycles. The molecule has 0 aliphatic rings. The number of nitrogens with one attached hydrogen (secondary N) is 1. The Balaban J connectivity index is 1.56. The molecule has 0 saturated heterocycles. The average Bonchev–Trinajstić information content (AvgIpc) is 3.04. The van der Waals surface area contributed by atoms with Crippen LogP contribution in [0.25, 0.3) is 10.8 Å². The zero-order valence-corrected chi connectivity index (χ0v) is 13.3. The smallest absolute Gasteiger partial charge is 0.258 e. The Hall–Kier alpha value is -2.27. The number of fused-ring (bicyclic) bond motifs is 1. The molecule has 0 aliphatic heterocycles. The molecule has 0 saturated carbocycles. The topological polar surface area (TPSA) is 51.5 Å². The maximum absolute atomic E-state index is 11.7. The molecule has 3 rings (SSSR count). The Labute approximate surface area is 136 Å².